The lowest BCUT2D eigenvalue weighted by molar-refractivity contribution is 0.139. The molecule has 3 heterocycles. The van der Waals surface area contributed by atoms with Crippen LogP contribution in [0, 0.1) is 11.8 Å². The predicted octanol–water partition coefficient (Wildman–Crippen LogP) is 1.14. The molecule has 2 atom stereocenters. The van der Waals surface area contributed by atoms with Gasteiger partial charge in [0.25, 0.3) is 0 Å². The number of aromatic nitrogens is 1. The van der Waals surface area contributed by atoms with E-state index in [4.69, 9.17) is 4.52 Å². The molecule has 2 aliphatic heterocycles. The zero-order chi connectivity index (χ0) is 10.1. The summed E-state index contributed by atoms with van der Waals surface area (Å²) in [7, 11) is 0. The Hall–Kier alpha value is -0.580. The van der Waals surface area contributed by atoms with Gasteiger partial charge in [0.1, 0.15) is 6.26 Å². The standard InChI is InChI=1S/C11H17N3O.ClH/c1-3-14(8-11-2-4-15-13-11)7-10-6-12-5-9(1)10;/h2,4,9-10,12H,1,3,5-8H2;1H. The van der Waals surface area contributed by atoms with E-state index in [2.05, 4.69) is 15.4 Å². The Balaban J connectivity index is 0.000000963. The number of nitrogens with zero attached hydrogens (tertiary/aromatic N) is 2. The van der Waals surface area contributed by atoms with Gasteiger partial charge in [0.15, 0.2) is 0 Å². The number of halogens is 1. The molecule has 4 nitrogen and oxygen atoms in total. The summed E-state index contributed by atoms with van der Waals surface area (Å²) in [6.45, 7) is 5.78. The van der Waals surface area contributed by atoms with E-state index >= 15 is 0 Å². The number of piperidine rings is 1. The molecule has 0 amide bonds. The number of likely N-dealkylation sites (tertiary alicyclic amines) is 1. The van der Waals surface area contributed by atoms with Gasteiger partial charge in [-0.25, -0.2) is 0 Å². The van der Waals surface area contributed by atoms with Crippen LogP contribution in [0.5, 0.6) is 0 Å². The lowest BCUT2D eigenvalue weighted by Crippen LogP contribution is -2.39. The summed E-state index contributed by atoms with van der Waals surface area (Å²) in [5, 5.41) is 7.45. The van der Waals surface area contributed by atoms with Crippen LogP contribution in [0.2, 0.25) is 0 Å². The van der Waals surface area contributed by atoms with Crippen molar-refractivity contribution in [3.05, 3.63) is 18.0 Å². The van der Waals surface area contributed by atoms with E-state index in [0.29, 0.717) is 0 Å². The molecule has 5 heteroatoms. The number of hydrogen-bond acceptors (Lipinski definition) is 4. The Morgan fingerprint density at radius 2 is 2.31 bits per heavy atom. The van der Waals surface area contributed by atoms with Gasteiger partial charge in [0.2, 0.25) is 0 Å². The van der Waals surface area contributed by atoms with Crippen molar-refractivity contribution in [2.75, 3.05) is 26.2 Å². The minimum Gasteiger partial charge on any atom is -0.364 e. The van der Waals surface area contributed by atoms with Gasteiger partial charge in [-0.15, -0.1) is 12.4 Å². The molecule has 90 valence electrons. The van der Waals surface area contributed by atoms with Crippen molar-refractivity contribution in [3.8, 4) is 0 Å². The van der Waals surface area contributed by atoms with Gasteiger partial charge in [-0.2, -0.15) is 0 Å². The fourth-order valence-electron chi connectivity index (χ4n) is 2.80. The highest BCUT2D eigenvalue weighted by atomic mass is 35.5. The molecule has 1 aromatic heterocycles. The van der Waals surface area contributed by atoms with Crippen LogP contribution in [0.1, 0.15) is 12.1 Å². The normalized spacial score (nSPS) is 29.8. The highest BCUT2D eigenvalue weighted by Crippen LogP contribution is 2.26. The maximum atomic E-state index is 4.85. The highest BCUT2D eigenvalue weighted by Gasteiger charge is 2.32. The van der Waals surface area contributed by atoms with E-state index < -0.39 is 0 Å². The van der Waals surface area contributed by atoms with Crippen molar-refractivity contribution in [1.82, 2.24) is 15.4 Å². The summed E-state index contributed by atoms with van der Waals surface area (Å²) in [4.78, 5) is 2.49. The zero-order valence-corrected chi connectivity index (χ0v) is 10.1. The number of rotatable bonds is 2. The molecule has 2 unspecified atom stereocenters. The molecule has 2 fully saturated rings. The molecule has 2 aliphatic rings. The molecule has 0 spiro atoms. The summed E-state index contributed by atoms with van der Waals surface area (Å²) >= 11 is 0. The minimum absolute atomic E-state index is 0. The first-order chi connectivity index (χ1) is 7.42. The molecule has 0 radical (unpaired) electrons. The topological polar surface area (TPSA) is 41.3 Å². The van der Waals surface area contributed by atoms with Gasteiger partial charge in [-0.3, -0.25) is 4.90 Å². The molecule has 3 rings (SSSR count). The smallest absolute Gasteiger partial charge is 0.124 e. The van der Waals surface area contributed by atoms with Crippen molar-refractivity contribution < 1.29 is 4.52 Å². The molecule has 2 saturated heterocycles. The molecule has 0 saturated carbocycles. The first kappa shape index (κ1) is 11.9. The molecule has 0 aliphatic carbocycles. The second-order valence-corrected chi connectivity index (χ2v) is 4.69. The Morgan fingerprint density at radius 3 is 3.12 bits per heavy atom. The second-order valence-electron chi connectivity index (χ2n) is 4.69. The van der Waals surface area contributed by atoms with Crippen molar-refractivity contribution in [2.24, 2.45) is 11.8 Å². The van der Waals surface area contributed by atoms with Crippen LogP contribution in [0.15, 0.2) is 16.9 Å². The van der Waals surface area contributed by atoms with E-state index in [9.17, 15) is 0 Å². The van der Waals surface area contributed by atoms with Crippen LogP contribution in [0.3, 0.4) is 0 Å². The number of nitrogens with one attached hydrogen (secondary N) is 1. The van der Waals surface area contributed by atoms with Crippen molar-refractivity contribution >= 4 is 12.4 Å². The SMILES string of the molecule is Cl.c1cc(CN2CCC3CNCC3C2)no1. The maximum Gasteiger partial charge on any atom is 0.124 e. The second kappa shape index (κ2) is 5.17. The fraction of sp³-hybridized carbons (Fsp3) is 0.727. The van der Waals surface area contributed by atoms with Gasteiger partial charge in [-0.05, 0) is 37.9 Å². The fourth-order valence-corrected chi connectivity index (χ4v) is 2.80. The molecular weight excluding hydrogens is 226 g/mol. The molecule has 1 N–H and O–H groups in total. The first-order valence-corrected chi connectivity index (χ1v) is 5.74. The molecule has 1 aromatic rings. The maximum absolute atomic E-state index is 4.85. The van der Waals surface area contributed by atoms with Gasteiger partial charge < -0.3 is 9.84 Å². The average molecular weight is 244 g/mol. The molecular formula is C11H18ClN3O. The van der Waals surface area contributed by atoms with Crippen LogP contribution in [0.25, 0.3) is 0 Å². The predicted molar refractivity (Wildman–Crippen MR) is 63.5 cm³/mol. The quantitative estimate of drug-likeness (QED) is 0.846. The summed E-state index contributed by atoms with van der Waals surface area (Å²) in [5.74, 6) is 1.77. The Kier molecular flexibility index (Phi) is 3.84. The molecule has 16 heavy (non-hydrogen) atoms. The molecule has 0 aromatic carbocycles. The third-order valence-electron chi connectivity index (χ3n) is 3.67. The van der Waals surface area contributed by atoms with Crippen LogP contribution < -0.4 is 5.32 Å². The monoisotopic (exact) mass is 243 g/mol. The van der Waals surface area contributed by atoms with Crippen molar-refractivity contribution in [2.45, 2.75) is 13.0 Å². The van der Waals surface area contributed by atoms with Gasteiger partial charge in [-0.1, -0.05) is 5.16 Å². The largest absolute Gasteiger partial charge is 0.364 e. The lowest BCUT2D eigenvalue weighted by atomic mass is 9.89. The van der Waals surface area contributed by atoms with Crippen molar-refractivity contribution in [3.63, 3.8) is 0 Å². The van der Waals surface area contributed by atoms with Gasteiger partial charge in [0, 0.05) is 19.2 Å². The van der Waals surface area contributed by atoms with Gasteiger partial charge in [0.05, 0.1) is 5.69 Å². The lowest BCUT2D eigenvalue weighted by Gasteiger charge is -2.33. The van der Waals surface area contributed by atoms with E-state index in [1.54, 1.807) is 6.26 Å². The van der Waals surface area contributed by atoms with E-state index in [1.165, 1.54) is 32.6 Å². The third-order valence-corrected chi connectivity index (χ3v) is 3.67. The number of hydrogen-bond donors (Lipinski definition) is 1. The summed E-state index contributed by atoms with van der Waals surface area (Å²) < 4.78 is 4.85. The van der Waals surface area contributed by atoms with Crippen molar-refractivity contribution in [1.29, 1.82) is 0 Å². The van der Waals surface area contributed by atoms with Crippen LogP contribution in [0.4, 0.5) is 0 Å². The Morgan fingerprint density at radius 1 is 1.44 bits per heavy atom. The highest BCUT2D eigenvalue weighted by molar-refractivity contribution is 5.85. The summed E-state index contributed by atoms with van der Waals surface area (Å²) in [6, 6.07) is 1.96. The third kappa shape index (κ3) is 2.39. The summed E-state index contributed by atoms with van der Waals surface area (Å²) in [5.41, 5.74) is 1.06. The van der Waals surface area contributed by atoms with Gasteiger partial charge >= 0.3 is 0 Å². The Labute approximate surface area is 102 Å². The number of fused-ring (bicyclic) bond motifs is 1. The van der Waals surface area contributed by atoms with E-state index in [-0.39, 0.29) is 12.4 Å². The summed E-state index contributed by atoms with van der Waals surface area (Å²) in [6.07, 6.45) is 2.98. The average Bonchev–Trinajstić information content (AvgIpc) is 2.87. The van der Waals surface area contributed by atoms with Crippen LogP contribution >= 0.6 is 12.4 Å². The van der Waals surface area contributed by atoms with Crippen LogP contribution in [-0.4, -0.2) is 36.2 Å². The first-order valence-electron chi connectivity index (χ1n) is 5.74. The van der Waals surface area contributed by atoms with E-state index in [0.717, 1.165) is 24.1 Å². The molecule has 0 bridgehead atoms. The Bertz CT molecular complexity index is 317. The van der Waals surface area contributed by atoms with Crippen LogP contribution in [-0.2, 0) is 6.54 Å². The zero-order valence-electron chi connectivity index (χ0n) is 9.26. The van der Waals surface area contributed by atoms with E-state index in [1.807, 2.05) is 6.07 Å². The minimum atomic E-state index is 0.